The van der Waals surface area contributed by atoms with Gasteiger partial charge in [0.2, 0.25) is 0 Å². The van der Waals surface area contributed by atoms with Crippen LogP contribution in [0, 0.1) is 0 Å². The Morgan fingerprint density at radius 3 is 2.71 bits per heavy atom. The third kappa shape index (κ3) is 1.35. The summed E-state index contributed by atoms with van der Waals surface area (Å²) in [5.41, 5.74) is 3.92. The van der Waals surface area contributed by atoms with Gasteiger partial charge in [-0.3, -0.25) is 4.90 Å². The minimum absolute atomic E-state index is 0.163. The Kier molecular flexibility index (Phi) is 1.85. The lowest BCUT2D eigenvalue weighted by Gasteiger charge is -2.11. The van der Waals surface area contributed by atoms with Gasteiger partial charge < -0.3 is 5.11 Å². The number of aliphatic hydroxyl groups excluding tert-OH is 1. The lowest BCUT2D eigenvalue weighted by Crippen LogP contribution is -2.18. The Labute approximate surface area is 84.2 Å². The zero-order chi connectivity index (χ0) is 9.54. The van der Waals surface area contributed by atoms with E-state index in [-0.39, 0.29) is 6.61 Å². The first kappa shape index (κ1) is 8.45. The maximum absolute atomic E-state index is 9.04. The Morgan fingerprint density at radius 1 is 1.21 bits per heavy atom. The van der Waals surface area contributed by atoms with Gasteiger partial charge in [0.15, 0.2) is 0 Å². The van der Waals surface area contributed by atoms with Crippen molar-refractivity contribution in [2.75, 3.05) is 0 Å². The van der Waals surface area contributed by atoms with Crippen molar-refractivity contribution >= 4 is 0 Å². The Balaban J connectivity index is 1.86. The molecule has 1 fully saturated rings. The number of nitrogens with zero attached hydrogens (tertiary/aromatic N) is 1. The van der Waals surface area contributed by atoms with Gasteiger partial charge in [0.25, 0.3) is 0 Å². The molecule has 2 nitrogen and oxygen atoms in total. The van der Waals surface area contributed by atoms with Crippen molar-refractivity contribution < 1.29 is 5.11 Å². The predicted octanol–water partition coefficient (Wildman–Crippen LogP) is 1.66. The van der Waals surface area contributed by atoms with Crippen LogP contribution in [0.5, 0.6) is 0 Å². The molecule has 1 aliphatic carbocycles. The zero-order valence-electron chi connectivity index (χ0n) is 8.24. The Hall–Kier alpha value is -0.860. The van der Waals surface area contributed by atoms with E-state index in [0.717, 1.165) is 24.7 Å². The van der Waals surface area contributed by atoms with Crippen LogP contribution in [0.2, 0.25) is 0 Å². The van der Waals surface area contributed by atoms with Gasteiger partial charge in [-0.1, -0.05) is 18.2 Å². The maximum atomic E-state index is 9.04. The van der Waals surface area contributed by atoms with E-state index >= 15 is 0 Å². The molecule has 1 aromatic carbocycles. The highest BCUT2D eigenvalue weighted by atomic mass is 16.3. The average molecular weight is 189 g/mol. The molecule has 0 aromatic heterocycles. The summed E-state index contributed by atoms with van der Waals surface area (Å²) in [5.74, 6) is 0. The van der Waals surface area contributed by atoms with Crippen molar-refractivity contribution in [3.8, 4) is 0 Å². The van der Waals surface area contributed by atoms with Gasteiger partial charge in [-0.15, -0.1) is 0 Å². The van der Waals surface area contributed by atoms with E-state index in [1.807, 2.05) is 6.07 Å². The second-order valence-corrected chi connectivity index (χ2v) is 4.40. The van der Waals surface area contributed by atoms with Crippen LogP contribution in [0.25, 0.3) is 0 Å². The van der Waals surface area contributed by atoms with E-state index in [0.29, 0.717) is 0 Å². The third-order valence-corrected chi connectivity index (χ3v) is 3.26. The van der Waals surface area contributed by atoms with Gasteiger partial charge in [0.05, 0.1) is 6.61 Å². The first-order chi connectivity index (χ1) is 6.86. The fraction of sp³-hybridized carbons (Fsp3) is 0.500. The molecule has 3 rings (SSSR count). The number of fused-ring (bicyclic) bond motifs is 1. The molecule has 0 unspecified atom stereocenters. The smallest absolute Gasteiger partial charge is 0.0681 e. The summed E-state index contributed by atoms with van der Waals surface area (Å²) in [7, 11) is 0. The first-order valence-corrected chi connectivity index (χ1v) is 5.32. The molecule has 0 atom stereocenters. The summed E-state index contributed by atoms with van der Waals surface area (Å²) >= 11 is 0. The Bertz CT molecular complexity index is 357. The molecule has 0 saturated heterocycles. The summed E-state index contributed by atoms with van der Waals surface area (Å²) in [6, 6.07) is 7.20. The van der Waals surface area contributed by atoms with Gasteiger partial charge in [0, 0.05) is 19.1 Å². The van der Waals surface area contributed by atoms with Crippen LogP contribution in [0.15, 0.2) is 18.2 Å². The monoisotopic (exact) mass is 189 g/mol. The minimum Gasteiger partial charge on any atom is -0.392 e. The van der Waals surface area contributed by atoms with Gasteiger partial charge in [-0.2, -0.15) is 0 Å². The second kappa shape index (κ2) is 3.07. The van der Waals surface area contributed by atoms with Gasteiger partial charge >= 0.3 is 0 Å². The Morgan fingerprint density at radius 2 is 2.00 bits per heavy atom. The topological polar surface area (TPSA) is 23.5 Å². The molecule has 0 spiro atoms. The molecular formula is C12H15NO. The number of hydrogen-bond acceptors (Lipinski definition) is 2. The fourth-order valence-corrected chi connectivity index (χ4v) is 2.27. The van der Waals surface area contributed by atoms with Crippen LogP contribution in [0.3, 0.4) is 0 Å². The average Bonchev–Trinajstić information content (AvgIpc) is 2.97. The summed E-state index contributed by atoms with van der Waals surface area (Å²) in [6.07, 6.45) is 2.75. The van der Waals surface area contributed by atoms with Crippen LogP contribution in [0.1, 0.15) is 29.5 Å². The molecule has 0 radical (unpaired) electrons. The zero-order valence-corrected chi connectivity index (χ0v) is 8.24. The van der Waals surface area contributed by atoms with Gasteiger partial charge in [-0.05, 0) is 29.5 Å². The number of hydrogen-bond donors (Lipinski definition) is 1. The summed E-state index contributed by atoms with van der Waals surface area (Å²) in [5, 5.41) is 9.04. The number of rotatable bonds is 2. The largest absolute Gasteiger partial charge is 0.392 e. The van der Waals surface area contributed by atoms with E-state index in [9.17, 15) is 0 Å². The highest BCUT2D eigenvalue weighted by Crippen LogP contribution is 2.34. The van der Waals surface area contributed by atoms with Crippen molar-refractivity contribution in [1.29, 1.82) is 0 Å². The van der Waals surface area contributed by atoms with E-state index in [1.165, 1.54) is 24.0 Å². The molecule has 2 heteroatoms. The van der Waals surface area contributed by atoms with E-state index < -0.39 is 0 Å². The molecule has 1 aromatic rings. The van der Waals surface area contributed by atoms with Crippen LogP contribution in [-0.2, 0) is 19.7 Å². The van der Waals surface area contributed by atoms with Crippen LogP contribution >= 0.6 is 0 Å². The van der Waals surface area contributed by atoms with Crippen molar-refractivity contribution in [2.24, 2.45) is 0 Å². The lowest BCUT2D eigenvalue weighted by atomic mass is 10.1. The molecular weight excluding hydrogens is 174 g/mol. The van der Waals surface area contributed by atoms with E-state index in [4.69, 9.17) is 5.11 Å². The predicted molar refractivity (Wildman–Crippen MR) is 54.6 cm³/mol. The second-order valence-electron chi connectivity index (χ2n) is 4.40. The molecule has 1 heterocycles. The molecule has 1 aliphatic heterocycles. The fourth-order valence-electron chi connectivity index (χ4n) is 2.27. The molecule has 1 N–H and O–H groups in total. The summed E-state index contributed by atoms with van der Waals surface area (Å²) in [6.45, 7) is 2.37. The molecule has 2 aliphatic rings. The molecule has 0 amide bonds. The summed E-state index contributed by atoms with van der Waals surface area (Å²) < 4.78 is 0. The molecule has 14 heavy (non-hydrogen) atoms. The number of aliphatic hydroxyl groups is 1. The van der Waals surface area contributed by atoms with Crippen molar-refractivity contribution in [3.63, 3.8) is 0 Å². The van der Waals surface area contributed by atoms with Crippen molar-refractivity contribution in [2.45, 2.75) is 38.6 Å². The lowest BCUT2D eigenvalue weighted by molar-refractivity contribution is 0.272. The molecule has 0 bridgehead atoms. The molecule has 1 saturated carbocycles. The standard InChI is InChI=1S/C12H15NO/c14-8-9-1-2-10-6-13(12-3-4-12)7-11(10)5-9/h1-2,5,12,14H,3-4,6-8H2. The quantitative estimate of drug-likeness (QED) is 0.764. The molecule has 74 valence electrons. The normalized spacial score (nSPS) is 21.2. The maximum Gasteiger partial charge on any atom is 0.0681 e. The third-order valence-electron chi connectivity index (χ3n) is 3.26. The van der Waals surface area contributed by atoms with Gasteiger partial charge in [0.1, 0.15) is 0 Å². The highest BCUT2D eigenvalue weighted by Gasteiger charge is 2.32. The highest BCUT2D eigenvalue weighted by molar-refractivity contribution is 5.34. The van der Waals surface area contributed by atoms with Crippen LogP contribution < -0.4 is 0 Å². The van der Waals surface area contributed by atoms with Crippen molar-refractivity contribution in [3.05, 3.63) is 34.9 Å². The van der Waals surface area contributed by atoms with Crippen molar-refractivity contribution in [1.82, 2.24) is 4.90 Å². The summed E-state index contributed by atoms with van der Waals surface area (Å²) in [4.78, 5) is 2.55. The van der Waals surface area contributed by atoms with Crippen LogP contribution in [-0.4, -0.2) is 16.0 Å². The first-order valence-electron chi connectivity index (χ1n) is 5.32. The minimum atomic E-state index is 0.163. The van der Waals surface area contributed by atoms with E-state index in [2.05, 4.69) is 17.0 Å². The van der Waals surface area contributed by atoms with E-state index in [1.54, 1.807) is 0 Å². The number of benzene rings is 1. The van der Waals surface area contributed by atoms with Gasteiger partial charge in [-0.25, -0.2) is 0 Å². The SMILES string of the molecule is OCc1ccc2c(c1)CN(C1CC1)C2. The van der Waals surface area contributed by atoms with Crippen LogP contribution in [0.4, 0.5) is 0 Å².